The Morgan fingerprint density at radius 1 is 0.857 bits per heavy atom. The summed E-state index contributed by atoms with van der Waals surface area (Å²) in [6.45, 7) is 0.621. The van der Waals surface area contributed by atoms with Gasteiger partial charge < -0.3 is 21.5 Å². The molecule has 0 saturated heterocycles. The number of aliphatic hydroxyl groups is 1. The number of hydrogen-bond acceptors (Lipinski definition) is 4. The van der Waals surface area contributed by atoms with Crippen LogP contribution >= 0.6 is 0 Å². The summed E-state index contributed by atoms with van der Waals surface area (Å²) in [5, 5.41) is 16.6. The smallest absolute Gasteiger partial charge is 0.321 e. The number of nitrogens with one attached hydrogen (secondary N) is 3. The number of carbonyl (C=O) groups excluding carboxylic acids is 2. The van der Waals surface area contributed by atoms with E-state index in [0.717, 1.165) is 22.3 Å². The molecule has 0 radical (unpaired) electrons. The standard InChI is InChI=1S/C27H31N5O3/c28-26(32-27(35)29-14-15-33)31-19-22-11-7-10-21(16-22)18-30-25(34)24(23-12-5-2-6-13-23)17-20-8-3-1-4-9-20/h1-13,16,24,33H,14-15,17-19H2,(H,30,34)(H4,28,29,31,32,35). The van der Waals surface area contributed by atoms with Gasteiger partial charge in [0.2, 0.25) is 5.91 Å². The van der Waals surface area contributed by atoms with Crippen molar-refractivity contribution >= 4 is 17.9 Å². The summed E-state index contributed by atoms with van der Waals surface area (Å²) in [5.74, 6) is -0.356. The second-order valence-corrected chi connectivity index (χ2v) is 8.00. The predicted octanol–water partition coefficient (Wildman–Crippen LogP) is 2.44. The van der Waals surface area contributed by atoms with Crippen LogP contribution in [0.4, 0.5) is 4.79 Å². The van der Waals surface area contributed by atoms with Crippen molar-refractivity contribution in [2.75, 3.05) is 13.2 Å². The average Bonchev–Trinajstić information content (AvgIpc) is 2.89. The van der Waals surface area contributed by atoms with Crippen LogP contribution in [0.1, 0.15) is 28.2 Å². The van der Waals surface area contributed by atoms with Gasteiger partial charge in [-0.15, -0.1) is 0 Å². The minimum absolute atomic E-state index is 0.0224. The molecule has 1 unspecified atom stereocenters. The van der Waals surface area contributed by atoms with Gasteiger partial charge in [-0.3, -0.25) is 10.1 Å². The van der Waals surface area contributed by atoms with Gasteiger partial charge in [0, 0.05) is 13.1 Å². The van der Waals surface area contributed by atoms with Crippen LogP contribution in [0.25, 0.3) is 0 Å². The lowest BCUT2D eigenvalue weighted by Gasteiger charge is -2.18. The zero-order valence-corrected chi connectivity index (χ0v) is 19.5. The summed E-state index contributed by atoms with van der Waals surface area (Å²) < 4.78 is 0. The molecule has 0 heterocycles. The average molecular weight is 474 g/mol. The molecule has 0 aromatic heterocycles. The Labute approximate surface area is 205 Å². The monoisotopic (exact) mass is 473 g/mol. The molecule has 6 N–H and O–H groups in total. The lowest BCUT2D eigenvalue weighted by molar-refractivity contribution is -0.122. The fourth-order valence-electron chi connectivity index (χ4n) is 3.59. The highest BCUT2D eigenvalue weighted by molar-refractivity contribution is 5.95. The van der Waals surface area contributed by atoms with E-state index < -0.39 is 6.03 Å². The van der Waals surface area contributed by atoms with Crippen LogP contribution in [-0.2, 0) is 24.3 Å². The van der Waals surface area contributed by atoms with Crippen LogP contribution < -0.4 is 21.7 Å². The maximum atomic E-state index is 13.2. The number of rotatable bonds is 10. The molecule has 35 heavy (non-hydrogen) atoms. The molecule has 3 amide bonds. The van der Waals surface area contributed by atoms with E-state index in [1.165, 1.54) is 0 Å². The number of guanidine groups is 1. The normalized spacial score (nSPS) is 12.0. The highest BCUT2D eigenvalue weighted by Crippen LogP contribution is 2.21. The molecular formula is C27H31N5O3. The maximum Gasteiger partial charge on any atom is 0.321 e. The third-order valence-corrected chi connectivity index (χ3v) is 5.33. The van der Waals surface area contributed by atoms with Gasteiger partial charge >= 0.3 is 6.03 Å². The van der Waals surface area contributed by atoms with Crippen molar-refractivity contribution in [2.24, 2.45) is 10.7 Å². The lowest BCUT2D eigenvalue weighted by atomic mass is 9.91. The minimum atomic E-state index is -0.528. The van der Waals surface area contributed by atoms with Crippen molar-refractivity contribution < 1.29 is 14.7 Å². The second kappa shape index (κ2) is 13.5. The van der Waals surface area contributed by atoms with Gasteiger partial charge in [-0.05, 0) is 28.7 Å². The SMILES string of the molecule is NC(=NCc1cccc(CNC(=O)C(Cc2ccccc2)c2ccccc2)c1)NC(=O)NCCO. The molecule has 1 atom stereocenters. The van der Waals surface area contributed by atoms with Crippen LogP contribution in [0.5, 0.6) is 0 Å². The minimum Gasteiger partial charge on any atom is -0.395 e. The van der Waals surface area contributed by atoms with Gasteiger partial charge in [0.1, 0.15) is 0 Å². The quantitative estimate of drug-likeness (QED) is 0.229. The van der Waals surface area contributed by atoms with Crippen LogP contribution in [0.3, 0.4) is 0 Å². The Kier molecular flexibility index (Phi) is 9.83. The third kappa shape index (κ3) is 8.60. The number of benzene rings is 3. The van der Waals surface area contributed by atoms with Crippen LogP contribution in [0.2, 0.25) is 0 Å². The molecule has 0 aliphatic rings. The molecule has 182 valence electrons. The third-order valence-electron chi connectivity index (χ3n) is 5.33. The van der Waals surface area contributed by atoms with Gasteiger partial charge in [0.25, 0.3) is 0 Å². The lowest BCUT2D eigenvalue weighted by Crippen LogP contribution is -2.44. The van der Waals surface area contributed by atoms with E-state index in [2.05, 4.69) is 20.9 Å². The number of carbonyl (C=O) groups is 2. The molecule has 8 heteroatoms. The van der Waals surface area contributed by atoms with Crippen LogP contribution in [0.15, 0.2) is 89.9 Å². The fourth-order valence-corrected chi connectivity index (χ4v) is 3.59. The zero-order chi connectivity index (χ0) is 24.9. The molecular weight excluding hydrogens is 442 g/mol. The van der Waals surface area contributed by atoms with Gasteiger partial charge in [0.05, 0.1) is 19.1 Å². The van der Waals surface area contributed by atoms with E-state index in [1.54, 1.807) is 0 Å². The maximum absolute atomic E-state index is 13.2. The van der Waals surface area contributed by atoms with Crippen molar-refractivity contribution in [1.82, 2.24) is 16.0 Å². The summed E-state index contributed by atoms with van der Waals surface area (Å²) >= 11 is 0. The van der Waals surface area contributed by atoms with E-state index in [1.807, 2.05) is 84.9 Å². The molecule has 0 aliphatic carbocycles. The summed E-state index contributed by atoms with van der Waals surface area (Å²) in [6.07, 6.45) is 0.615. The summed E-state index contributed by atoms with van der Waals surface area (Å²) in [4.78, 5) is 28.9. The number of urea groups is 1. The fraction of sp³-hybridized carbons (Fsp3) is 0.222. The first-order valence-electron chi connectivity index (χ1n) is 11.4. The Morgan fingerprint density at radius 3 is 2.23 bits per heavy atom. The number of amides is 3. The number of aliphatic hydroxyl groups excluding tert-OH is 1. The first kappa shape index (κ1) is 25.5. The van der Waals surface area contributed by atoms with Gasteiger partial charge in [-0.1, -0.05) is 84.9 Å². The first-order chi connectivity index (χ1) is 17.0. The van der Waals surface area contributed by atoms with Gasteiger partial charge in [-0.2, -0.15) is 0 Å². The first-order valence-corrected chi connectivity index (χ1v) is 11.4. The van der Waals surface area contributed by atoms with E-state index in [0.29, 0.717) is 13.0 Å². The van der Waals surface area contributed by atoms with Crippen molar-refractivity contribution in [3.63, 3.8) is 0 Å². The summed E-state index contributed by atoms with van der Waals surface area (Å²) in [5.41, 5.74) is 9.65. The van der Waals surface area contributed by atoms with Crippen LogP contribution in [0, 0.1) is 0 Å². The highest BCUT2D eigenvalue weighted by Gasteiger charge is 2.20. The van der Waals surface area contributed by atoms with Gasteiger partial charge in [-0.25, -0.2) is 9.79 Å². The Balaban J connectivity index is 1.60. The van der Waals surface area contributed by atoms with Gasteiger partial charge in [0.15, 0.2) is 5.96 Å². The molecule has 0 spiro atoms. The Hall–Kier alpha value is -4.17. The van der Waals surface area contributed by atoms with E-state index in [9.17, 15) is 9.59 Å². The van der Waals surface area contributed by atoms with Crippen molar-refractivity contribution in [3.8, 4) is 0 Å². The molecule has 0 bridgehead atoms. The number of nitrogens with two attached hydrogens (primary N) is 1. The summed E-state index contributed by atoms with van der Waals surface area (Å²) in [7, 11) is 0. The molecule has 3 rings (SSSR count). The van der Waals surface area contributed by atoms with Crippen molar-refractivity contribution in [2.45, 2.75) is 25.4 Å². The van der Waals surface area contributed by atoms with Crippen molar-refractivity contribution in [1.29, 1.82) is 0 Å². The van der Waals surface area contributed by atoms with E-state index in [4.69, 9.17) is 10.8 Å². The number of aliphatic imine (C=N–C) groups is 1. The van der Waals surface area contributed by atoms with Crippen molar-refractivity contribution in [3.05, 3.63) is 107 Å². The predicted molar refractivity (Wildman–Crippen MR) is 137 cm³/mol. The molecule has 3 aromatic carbocycles. The topological polar surface area (TPSA) is 129 Å². The molecule has 0 saturated carbocycles. The van der Waals surface area contributed by atoms with Crippen LogP contribution in [-0.4, -0.2) is 36.2 Å². The molecule has 3 aromatic rings. The van der Waals surface area contributed by atoms with E-state index in [-0.39, 0.29) is 37.5 Å². The Morgan fingerprint density at radius 2 is 1.51 bits per heavy atom. The zero-order valence-electron chi connectivity index (χ0n) is 19.5. The number of nitrogens with zero attached hydrogens (tertiary/aromatic N) is 1. The molecule has 0 aliphatic heterocycles. The largest absolute Gasteiger partial charge is 0.395 e. The number of hydrogen-bond donors (Lipinski definition) is 5. The Bertz CT molecular complexity index is 1120. The second-order valence-electron chi connectivity index (χ2n) is 8.00. The highest BCUT2D eigenvalue weighted by atomic mass is 16.3. The molecule has 8 nitrogen and oxygen atoms in total. The molecule has 0 fully saturated rings. The summed E-state index contributed by atoms with van der Waals surface area (Å²) in [6, 6.07) is 26.9. The van der Waals surface area contributed by atoms with E-state index >= 15 is 0 Å².